The van der Waals surface area contributed by atoms with Gasteiger partial charge in [-0.05, 0) is 62.5 Å². The molecule has 4 rings (SSSR count). The van der Waals surface area contributed by atoms with Crippen molar-refractivity contribution >= 4 is 17.4 Å². The van der Waals surface area contributed by atoms with Crippen LogP contribution in [0.15, 0.2) is 17.2 Å². The smallest absolute Gasteiger partial charge is 0.262 e. The molecule has 0 unspecified atom stereocenters. The number of nitrogens with one attached hydrogen (secondary N) is 2. The normalized spacial score (nSPS) is 23.7. The molecular weight excluding hydrogens is 280 g/mol. The van der Waals surface area contributed by atoms with Crippen molar-refractivity contribution in [2.75, 3.05) is 24.6 Å². The Hall–Kier alpha value is -2.08. The summed E-state index contributed by atoms with van der Waals surface area (Å²) in [6.07, 6.45) is 1.06. The van der Waals surface area contributed by atoms with Crippen molar-refractivity contribution in [3.8, 4) is 5.75 Å². The number of hydrazone groups is 1. The second-order valence-electron chi connectivity index (χ2n) is 6.31. The van der Waals surface area contributed by atoms with E-state index < -0.39 is 0 Å². The molecule has 3 heterocycles. The Bertz CT molecular complexity index is 666. The van der Waals surface area contributed by atoms with Gasteiger partial charge in [0.1, 0.15) is 18.4 Å². The number of aryl methyl sites for hydroxylation is 1. The van der Waals surface area contributed by atoms with Gasteiger partial charge < -0.3 is 15.0 Å². The van der Waals surface area contributed by atoms with Crippen molar-refractivity contribution in [1.82, 2.24) is 10.7 Å². The van der Waals surface area contributed by atoms with Gasteiger partial charge >= 0.3 is 0 Å². The van der Waals surface area contributed by atoms with Crippen LogP contribution in [0.5, 0.6) is 5.75 Å². The van der Waals surface area contributed by atoms with E-state index in [-0.39, 0.29) is 11.9 Å². The first-order chi connectivity index (χ1) is 10.6. The molecule has 1 fully saturated rings. The first-order valence-electron chi connectivity index (χ1n) is 7.76. The third-order valence-corrected chi connectivity index (χ3v) is 4.75. The first kappa shape index (κ1) is 13.6. The summed E-state index contributed by atoms with van der Waals surface area (Å²) in [5.74, 6) is 2.23. The van der Waals surface area contributed by atoms with Crippen molar-refractivity contribution in [2.45, 2.75) is 26.3 Å². The standard InChI is InChI=1S/C16H20N4O2/c1-9-3-14-13(5-12(9)4-11-6-17-7-11)20-10(2)16(21)19-18-15(20)8-22-14/h3,5,10-11,17H,4,6-8H2,1-2H3,(H,19,21)/t10-/m1/s1. The number of carbonyl (C=O) groups is 1. The molecule has 3 aliphatic heterocycles. The summed E-state index contributed by atoms with van der Waals surface area (Å²) in [5.41, 5.74) is 6.09. The minimum absolute atomic E-state index is 0.0816. The van der Waals surface area contributed by atoms with Gasteiger partial charge in [0, 0.05) is 0 Å². The highest BCUT2D eigenvalue weighted by molar-refractivity contribution is 6.09. The van der Waals surface area contributed by atoms with Gasteiger partial charge in [0.05, 0.1) is 5.69 Å². The number of nitrogens with zero attached hydrogens (tertiary/aromatic N) is 2. The number of hydrogen-bond donors (Lipinski definition) is 2. The summed E-state index contributed by atoms with van der Waals surface area (Å²) in [6.45, 7) is 6.59. The van der Waals surface area contributed by atoms with Gasteiger partial charge in [-0.3, -0.25) is 4.79 Å². The van der Waals surface area contributed by atoms with E-state index in [0.29, 0.717) is 12.5 Å². The number of ether oxygens (including phenoxy) is 1. The molecule has 6 nitrogen and oxygen atoms in total. The van der Waals surface area contributed by atoms with Crippen LogP contribution in [0.25, 0.3) is 0 Å². The number of hydrogen-bond acceptors (Lipinski definition) is 5. The van der Waals surface area contributed by atoms with E-state index >= 15 is 0 Å². The summed E-state index contributed by atoms with van der Waals surface area (Å²) in [7, 11) is 0. The summed E-state index contributed by atoms with van der Waals surface area (Å²) in [5, 5.41) is 7.44. The molecule has 22 heavy (non-hydrogen) atoms. The third kappa shape index (κ3) is 2.06. The maximum atomic E-state index is 11.9. The van der Waals surface area contributed by atoms with Crippen molar-refractivity contribution in [3.05, 3.63) is 23.3 Å². The molecule has 3 aliphatic rings. The highest BCUT2D eigenvalue weighted by atomic mass is 16.5. The van der Waals surface area contributed by atoms with Crippen LogP contribution in [-0.2, 0) is 11.2 Å². The van der Waals surface area contributed by atoms with Crippen molar-refractivity contribution < 1.29 is 9.53 Å². The van der Waals surface area contributed by atoms with E-state index in [0.717, 1.165) is 36.8 Å². The van der Waals surface area contributed by atoms with Gasteiger partial charge in [-0.2, -0.15) is 5.10 Å². The monoisotopic (exact) mass is 300 g/mol. The predicted molar refractivity (Wildman–Crippen MR) is 84.3 cm³/mol. The number of amides is 1. The molecule has 2 N–H and O–H groups in total. The third-order valence-electron chi connectivity index (χ3n) is 4.75. The van der Waals surface area contributed by atoms with E-state index in [1.807, 2.05) is 11.8 Å². The molecule has 1 aromatic rings. The Labute approximate surface area is 129 Å². The zero-order chi connectivity index (χ0) is 15.3. The Balaban J connectivity index is 1.74. The van der Waals surface area contributed by atoms with E-state index in [4.69, 9.17) is 4.74 Å². The van der Waals surface area contributed by atoms with Crippen LogP contribution in [0, 0.1) is 12.8 Å². The minimum atomic E-state index is -0.268. The summed E-state index contributed by atoms with van der Waals surface area (Å²) >= 11 is 0. The Morgan fingerprint density at radius 3 is 2.95 bits per heavy atom. The van der Waals surface area contributed by atoms with Crippen molar-refractivity contribution in [2.24, 2.45) is 11.0 Å². The average Bonchev–Trinajstić information content (AvgIpc) is 2.46. The summed E-state index contributed by atoms with van der Waals surface area (Å²) in [6, 6.07) is 4.00. The van der Waals surface area contributed by atoms with E-state index in [2.05, 4.69) is 34.9 Å². The molecule has 1 amide bonds. The Kier molecular flexibility index (Phi) is 3.07. The molecule has 0 bridgehead atoms. The topological polar surface area (TPSA) is 66.0 Å². The number of carbonyl (C=O) groups excluding carboxylic acids is 1. The fourth-order valence-corrected chi connectivity index (χ4v) is 3.24. The Morgan fingerprint density at radius 2 is 2.23 bits per heavy atom. The highest BCUT2D eigenvalue weighted by Crippen LogP contribution is 2.37. The molecule has 0 aromatic heterocycles. The van der Waals surface area contributed by atoms with Crippen LogP contribution in [0.1, 0.15) is 18.1 Å². The molecule has 0 saturated carbocycles. The quantitative estimate of drug-likeness (QED) is 0.847. The molecule has 0 aliphatic carbocycles. The van der Waals surface area contributed by atoms with Crippen LogP contribution in [0.4, 0.5) is 5.69 Å². The number of benzene rings is 1. The zero-order valence-corrected chi connectivity index (χ0v) is 12.8. The van der Waals surface area contributed by atoms with Crippen LogP contribution >= 0.6 is 0 Å². The minimum Gasteiger partial charge on any atom is -0.483 e. The average molecular weight is 300 g/mol. The fourth-order valence-electron chi connectivity index (χ4n) is 3.24. The van der Waals surface area contributed by atoms with E-state index in [1.165, 1.54) is 11.1 Å². The summed E-state index contributed by atoms with van der Waals surface area (Å²) < 4.78 is 5.82. The second-order valence-corrected chi connectivity index (χ2v) is 6.31. The highest BCUT2D eigenvalue weighted by Gasteiger charge is 2.35. The molecule has 1 atom stereocenters. The zero-order valence-electron chi connectivity index (χ0n) is 12.8. The van der Waals surface area contributed by atoms with Crippen molar-refractivity contribution in [1.29, 1.82) is 0 Å². The van der Waals surface area contributed by atoms with Gasteiger partial charge in [0.15, 0.2) is 5.84 Å². The predicted octanol–water partition coefficient (Wildman–Crippen LogP) is 0.788. The van der Waals surface area contributed by atoms with Crippen LogP contribution in [-0.4, -0.2) is 37.5 Å². The van der Waals surface area contributed by atoms with Gasteiger partial charge in [-0.1, -0.05) is 0 Å². The first-order valence-corrected chi connectivity index (χ1v) is 7.76. The Morgan fingerprint density at radius 1 is 1.41 bits per heavy atom. The SMILES string of the molecule is Cc1cc2c(cc1CC1CNC1)N1C(=NNC(=O)[C@H]1C)CO2. The maximum Gasteiger partial charge on any atom is 0.262 e. The van der Waals surface area contributed by atoms with Gasteiger partial charge in [-0.25, -0.2) is 5.43 Å². The maximum absolute atomic E-state index is 11.9. The molecule has 6 heteroatoms. The lowest BCUT2D eigenvalue weighted by molar-refractivity contribution is -0.122. The number of rotatable bonds is 2. The van der Waals surface area contributed by atoms with Gasteiger partial charge in [0.25, 0.3) is 5.91 Å². The largest absolute Gasteiger partial charge is 0.483 e. The number of fused-ring (bicyclic) bond motifs is 3. The van der Waals surface area contributed by atoms with E-state index in [9.17, 15) is 4.79 Å². The lowest BCUT2D eigenvalue weighted by atomic mass is 9.91. The fraction of sp³-hybridized carbons (Fsp3) is 0.500. The van der Waals surface area contributed by atoms with Crippen LogP contribution < -0.4 is 20.4 Å². The molecule has 0 spiro atoms. The number of amidine groups is 1. The molecule has 1 aromatic carbocycles. The van der Waals surface area contributed by atoms with Gasteiger partial charge in [0.2, 0.25) is 0 Å². The van der Waals surface area contributed by atoms with Gasteiger partial charge in [-0.15, -0.1) is 0 Å². The van der Waals surface area contributed by atoms with E-state index in [1.54, 1.807) is 0 Å². The molecule has 1 saturated heterocycles. The van der Waals surface area contributed by atoms with Crippen LogP contribution in [0.3, 0.4) is 0 Å². The van der Waals surface area contributed by atoms with Crippen LogP contribution in [0.2, 0.25) is 0 Å². The number of anilines is 1. The molecular formula is C16H20N4O2. The summed E-state index contributed by atoms with van der Waals surface area (Å²) in [4.78, 5) is 13.9. The molecule has 0 radical (unpaired) electrons. The second kappa shape index (κ2) is 4.98. The lowest BCUT2D eigenvalue weighted by Crippen LogP contribution is -2.55. The lowest BCUT2D eigenvalue weighted by Gasteiger charge is -2.38. The molecule has 116 valence electrons. The van der Waals surface area contributed by atoms with Crippen molar-refractivity contribution in [3.63, 3.8) is 0 Å².